The van der Waals surface area contributed by atoms with E-state index in [2.05, 4.69) is 0 Å². The molecule has 100 valence electrons. The Morgan fingerprint density at radius 3 is 2.68 bits per heavy atom. The van der Waals surface area contributed by atoms with Crippen LogP contribution in [0.3, 0.4) is 0 Å². The Kier molecular flexibility index (Phi) is 3.55. The fourth-order valence-corrected chi connectivity index (χ4v) is 2.04. The number of carboxylic acids is 1. The molecular formula is C14H15NO4. The van der Waals surface area contributed by atoms with E-state index in [1.807, 2.05) is 13.8 Å². The molecule has 2 rings (SSSR count). The Morgan fingerprint density at radius 2 is 2.11 bits per heavy atom. The lowest BCUT2D eigenvalue weighted by Gasteiger charge is -2.11. The molecule has 1 N–H and O–H groups in total. The van der Waals surface area contributed by atoms with Gasteiger partial charge in [0, 0.05) is 24.2 Å². The van der Waals surface area contributed by atoms with Crippen LogP contribution < -0.4 is 10.2 Å². The number of aromatic carboxylic acids is 1. The van der Waals surface area contributed by atoms with Gasteiger partial charge in [0.05, 0.1) is 12.1 Å². The molecule has 19 heavy (non-hydrogen) atoms. The van der Waals surface area contributed by atoms with Crippen LogP contribution in [0.15, 0.2) is 29.2 Å². The molecule has 5 nitrogen and oxygen atoms in total. The number of carboxylic acid groups (broad SMARTS) is 1. The van der Waals surface area contributed by atoms with Crippen LogP contribution in [0, 0.1) is 0 Å². The zero-order valence-electron chi connectivity index (χ0n) is 10.8. The summed E-state index contributed by atoms with van der Waals surface area (Å²) in [4.78, 5) is 23.1. The second-order valence-electron chi connectivity index (χ2n) is 4.08. The summed E-state index contributed by atoms with van der Waals surface area (Å²) in [7, 11) is 0. The van der Waals surface area contributed by atoms with E-state index in [-0.39, 0.29) is 5.56 Å². The van der Waals surface area contributed by atoms with Gasteiger partial charge in [0.25, 0.3) is 0 Å². The summed E-state index contributed by atoms with van der Waals surface area (Å²) in [6.45, 7) is 4.88. The Bertz CT molecular complexity index is 688. The van der Waals surface area contributed by atoms with Crippen LogP contribution in [0.2, 0.25) is 0 Å². The van der Waals surface area contributed by atoms with Crippen molar-refractivity contribution in [3.63, 3.8) is 0 Å². The molecule has 1 aromatic carbocycles. The maximum atomic E-state index is 12.1. The summed E-state index contributed by atoms with van der Waals surface area (Å²) in [5, 5.41) is 9.44. The molecule has 5 heteroatoms. The molecule has 0 aliphatic rings. The molecule has 0 saturated carbocycles. The summed E-state index contributed by atoms with van der Waals surface area (Å²) in [6, 6.07) is 5.05. The van der Waals surface area contributed by atoms with Crippen molar-refractivity contribution >= 4 is 16.9 Å². The van der Waals surface area contributed by atoms with Crippen molar-refractivity contribution in [1.29, 1.82) is 0 Å². The lowest BCUT2D eigenvalue weighted by Crippen LogP contribution is -2.18. The van der Waals surface area contributed by atoms with Crippen molar-refractivity contribution in [3.05, 3.63) is 40.2 Å². The van der Waals surface area contributed by atoms with Crippen LogP contribution >= 0.6 is 0 Å². The number of aryl methyl sites for hydroxylation is 1. The van der Waals surface area contributed by atoms with E-state index >= 15 is 0 Å². The quantitative estimate of drug-likeness (QED) is 0.915. The average molecular weight is 261 g/mol. The van der Waals surface area contributed by atoms with Crippen LogP contribution in [0.25, 0.3) is 10.9 Å². The number of nitrogens with zero attached hydrogens (tertiary/aromatic N) is 1. The summed E-state index contributed by atoms with van der Waals surface area (Å²) in [5.41, 5.74) is 0.0113. The maximum Gasteiger partial charge on any atom is 0.341 e. The van der Waals surface area contributed by atoms with Gasteiger partial charge in [0.2, 0.25) is 5.43 Å². The van der Waals surface area contributed by atoms with Crippen molar-refractivity contribution in [2.75, 3.05) is 6.61 Å². The minimum Gasteiger partial charge on any atom is -0.494 e. The standard InChI is InChI=1S/C14H15NO4/c1-3-15-8-11(14(17)18)13(16)10-6-5-9(19-4-2)7-12(10)15/h5-8H,3-4H2,1-2H3,(H,17,18). The number of fused-ring (bicyclic) bond motifs is 1. The summed E-state index contributed by atoms with van der Waals surface area (Å²) in [5.74, 6) is -0.539. The first-order valence-corrected chi connectivity index (χ1v) is 6.11. The normalized spacial score (nSPS) is 10.6. The Morgan fingerprint density at radius 1 is 1.37 bits per heavy atom. The highest BCUT2D eigenvalue weighted by atomic mass is 16.5. The number of hydrogen-bond acceptors (Lipinski definition) is 3. The van der Waals surface area contributed by atoms with Crippen LogP contribution in [0.5, 0.6) is 5.75 Å². The predicted octanol–water partition coefficient (Wildman–Crippen LogP) is 2.12. The number of carbonyl (C=O) groups is 1. The maximum absolute atomic E-state index is 12.1. The number of hydrogen-bond donors (Lipinski definition) is 1. The molecule has 0 spiro atoms. The number of pyridine rings is 1. The van der Waals surface area contributed by atoms with Gasteiger partial charge in [0.15, 0.2) is 0 Å². The second-order valence-corrected chi connectivity index (χ2v) is 4.08. The number of ether oxygens (including phenoxy) is 1. The van der Waals surface area contributed by atoms with Crippen molar-refractivity contribution in [3.8, 4) is 5.75 Å². The molecule has 0 aliphatic heterocycles. The summed E-state index contributed by atoms with van der Waals surface area (Å²) in [6.07, 6.45) is 1.38. The van der Waals surface area contributed by atoms with Gasteiger partial charge in [-0.3, -0.25) is 4.79 Å². The van der Waals surface area contributed by atoms with E-state index < -0.39 is 11.4 Å². The molecule has 0 amide bonds. The molecule has 0 saturated heterocycles. The molecular weight excluding hydrogens is 246 g/mol. The third-order valence-corrected chi connectivity index (χ3v) is 2.93. The Balaban J connectivity index is 2.78. The largest absolute Gasteiger partial charge is 0.494 e. The highest BCUT2D eigenvalue weighted by Gasteiger charge is 2.14. The van der Waals surface area contributed by atoms with Gasteiger partial charge in [-0.05, 0) is 26.0 Å². The van der Waals surface area contributed by atoms with Gasteiger partial charge < -0.3 is 14.4 Å². The van der Waals surface area contributed by atoms with Crippen LogP contribution in [-0.4, -0.2) is 22.2 Å². The first-order chi connectivity index (χ1) is 9.08. The SMILES string of the molecule is CCOc1ccc2c(=O)c(C(=O)O)cn(CC)c2c1. The summed E-state index contributed by atoms with van der Waals surface area (Å²) < 4.78 is 7.14. The minimum absolute atomic E-state index is 0.210. The van der Waals surface area contributed by atoms with Crippen LogP contribution in [-0.2, 0) is 6.54 Å². The van der Waals surface area contributed by atoms with E-state index in [1.165, 1.54) is 6.20 Å². The van der Waals surface area contributed by atoms with Crippen molar-refractivity contribution in [2.45, 2.75) is 20.4 Å². The van der Waals surface area contributed by atoms with E-state index in [1.54, 1.807) is 22.8 Å². The molecule has 2 aromatic rings. The van der Waals surface area contributed by atoms with E-state index in [9.17, 15) is 9.59 Å². The van der Waals surface area contributed by atoms with E-state index in [0.29, 0.717) is 29.8 Å². The minimum atomic E-state index is -1.21. The molecule has 1 heterocycles. The second kappa shape index (κ2) is 5.14. The highest BCUT2D eigenvalue weighted by Crippen LogP contribution is 2.19. The molecule has 0 fully saturated rings. The van der Waals surface area contributed by atoms with Crippen LogP contribution in [0.4, 0.5) is 0 Å². The Labute approximate surface area is 110 Å². The molecule has 1 aromatic heterocycles. The molecule has 0 atom stereocenters. The monoisotopic (exact) mass is 261 g/mol. The molecule has 0 unspecified atom stereocenters. The smallest absolute Gasteiger partial charge is 0.341 e. The summed E-state index contributed by atoms with van der Waals surface area (Å²) >= 11 is 0. The number of aromatic nitrogens is 1. The van der Waals surface area contributed by atoms with Crippen molar-refractivity contribution < 1.29 is 14.6 Å². The van der Waals surface area contributed by atoms with E-state index in [4.69, 9.17) is 9.84 Å². The fraction of sp³-hybridized carbons (Fsp3) is 0.286. The van der Waals surface area contributed by atoms with Gasteiger partial charge >= 0.3 is 5.97 Å². The molecule has 0 bridgehead atoms. The van der Waals surface area contributed by atoms with Crippen molar-refractivity contribution in [2.24, 2.45) is 0 Å². The van der Waals surface area contributed by atoms with Crippen molar-refractivity contribution in [1.82, 2.24) is 4.57 Å². The van der Waals surface area contributed by atoms with Gasteiger partial charge in [-0.2, -0.15) is 0 Å². The lowest BCUT2D eigenvalue weighted by atomic mass is 10.1. The van der Waals surface area contributed by atoms with Gasteiger partial charge in [-0.1, -0.05) is 0 Å². The highest BCUT2D eigenvalue weighted by molar-refractivity contribution is 5.92. The Hall–Kier alpha value is -2.30. The fourth-order valence-electron chi connectivity index (χ4n) is 2.04. The zero-order chi connectivity index (χ0) is 14.0. The average Bonchev–Trinajstić information content (AvgIpc) is 2.39. The number of rotatable bonds is 4. The van der Waals surface area contributed by atoms with Gasteiger partial charge in [-0.15, -0.1) is 0 Å². The predicted molar refractivity (Wildman–Crippen MR) is 72.0 cm³/mol. The van der Waals surface area contributed by atoms with Gasteiger partial charge in [0.1, 0.15) is 11.3 Å². The lowest BCUT2D eigenvalue weighted by molar-refractivity contribution is 0.0695. The third-order valence-electron chi connectivity index (χ3n) is 2.93. The molecule has 0 radical (unpaired) electrons. The topological polar surface area (TPSA) is 68.5 Å². The zero-order valence-corrected chi connectivity index (χ0v) is 10.8. The molecule has 0 aliphatic carbocycles. The first kappa shape index (κ1) is 13.1. The first-order valence-electron chi connectivity index (χ1n) is 6.11. The number of benzene rings is 1. The van der Waals surface area contributed by atoms with Gasteiger partial charge in [-0.25, -0.2) is 4.79 Å². The third kappa shape index (κ3) is 2.31. The van der Waals surface area contributed by atoms with E-state index in [0.717, 1.165) is 0 Å². The van der Waals surface area contributed by atoms with Crippen LogP contribution in [0.1, 0.15) is 24.2 Å².